The quantitative estimate of drug-likeness (QED) is 0.342. The van der Waals surface area contributed by atoms with E-state index >= 15 is 0 Å². The van der Waals surface area contributed by atoms with E-state index in [4.69, 9.17) is 4.74 Å². The zero-order chi connectivity index (χ0) is 16.3. The van der Waals surface area contributed by atoms with E-state index in [1.165, 1.54) is 19.3 Å². The van der Waals surface area contributed by atoms with Crippen LogP contribution in [0.2, 0.25) is 0 Å². The minimum absolute atomic E-state index is 0. The van der Waals surface area contributed by atoms with Crippen molar-refractivity contribution in [1.29, 1.82) is 0 Å². The molecule has 3 aliphatic rings. The second-order valence-corrected chi connectivity index (χ2v) is 7.44. The fraction of sp³-hybridized carbons (Fsp3) is 0.944. The highest BCUT2D eigenvalue weighted by atomic mass is 127. The van der Waals surface area contributed by atoms with Gasteiger partial charge in [-0.05, 0) is 58.8 Å². The number of nitrogens with zero attached hydrogens (tertiary/aromatic N) is 1. The van der Waals surface area contributed by atoms with Crippen LogP contribution in [0.4, 0.5) is 0 Å². The third-order valence-electron chi connectivity index (χ3n) is 6.10. The number of aliphatic imine (C=N–C) groups is 1. The van der Waals surface area contributed by atoms with Crippen LogP contribution in [0.15, 0.2) is 4.99 Å². The Kier molecular flexibility index (Phi) is 7.61. The van der Waals surface area contributed by atoms with Crippen molar-refractivity contribution in [3.05, 3.63) is 0 Å². The molecule has 0 aromatic carbocycles. The van der Waals surface area contributed by atoms with Gasteiger partial charge in [0.2, 0.25) is 0 Å². The van der Waals surface area contributed by atoms with Gasteiger partial charge in [-0.3, -0.25) is 4.99 Å². The van der Waals surface area contributed by atoms with Crippen LogP contribution in [0.25, 0.3) is 0 Å². The standard InChI is InChI=1S/C18H33N3O2.HI/c1-3-19-17(20-13-6-8-14(22)9-7-13)21-15-12-16(23-4-2)18(15)10-5-11-18;/h13-16,22H,3-12H2,1-2H3,(H2,19,20,21);1H. The summed E-state index contributed by atoms with van der Waals surface area (Å²) < 4.78 is 5.94. The lowest BCUT2D eigenvalue weighted by molar-refractivity contribution is -0.168. The van der Waals surface area contributed by atoms with Gasteiger partial charge < -0.3 is 20.5 Å². The van der Waals surface area contributed by atoms with Gasteiger partial charge in [-0.25, -0.2) is 0 Å². The highest BCUT2D eigenvalue weighted by Gasteiger charge is 2.59. The summed E-state index contributed by atoms with van der Waals surface area (Å²) in [6.07, 6.45) is 9.18. The van der Waals surface area contributed by atoms with E-state index in [0.29, 0.717) is 23.6 Å². The number of aliphatic hydroxyl groups is 1. The molecule has 0 bridgehead atoms. The fourth-order valence-corrected chi connectivity index (χ4v) is 4.51. The molecule has 6 heteroatoms. The number of ether oxygens (including phenoxy) is 1. The average Bonchev–Trinajstić information content (AvgIpc) is 2.47. The monoisotopic (exact) mass is 451 g/mol. The third-order valence-corrected chi connectivity index (χ3v) is 6.10. The molecular weight excluding hydrogens is 417 g/mol. The van der Waals surface area contributed by atoms with Gasteiger partial charge in [0.25, 0.3) is 0 Å². The minimum atomic E-state index is -0.107. The van der Waals surface area contributed by atoms with Gasteiger partial charge in [0.05, 0.1) is 12.2 Å². The number of nitrogens with one attached hydrogen (secondary N) is 2. The summed E-state index contributed by atoms with van der Waals surface area (Å²) in [6.45, 7) is 5.78. The number of aliphatic hydroxyl groups excluding tert-OH is 1. The van der Waals surface area contributed by atoms with Crippen LogP contribution < -0.4 is 10.6 Å². The Morgan fingerprint density at radius 1 is 1.17 bits per heavy atom. The summed E-state index contributed by atoms with van der Waals surface area (Å²) in [4.78, 5) is 4.65. The predicted molar refractivity (Wildman–Crippen MR) is 108 cm³/mol. The van der Waals surface area contributed by atoms with Crippen molar-refractivity contribution in [1.82, 2.24) is 10.6 Å². The molecule has 0 aromatic rings. The summed E-state index contributed by atoms with van der Waals surface area (Å²) in [5.74, 6) is 0.958. The Morgan fingerprint density at radius 3 is 2.42 bits per heavy atom. The molecule has 0 radical (unpaired) electrons. The number of rotatable bonds is 5. The first kappa shape index (κ1) is 20.2. The third kappa shape index (κ3) is 4.18. The molecular formula is C18H34IN3O2. The molecule has 0 aliphatic heterocycles. The maximum atomic E-state index is 9.66. The molecule has 0 saturated heterocycles. The molecule has 2 atom stereocenters. The van der Waals surface area contributed by atoms with Gasteiger partial charge in [0, 0.05) is 30.7 Å². The summed E-state index contributed by atoms with van der Waals surface area (Å²) in [5.41, 5.74) is 0.356. The van der Waals surface area contributed by atoms with Crippen molar-refractivity contribution >= 4 is 29.9 Å². The topological polar surface area (TPSA) is 65.9 Å². The SMILES string of the molecule is CCN=C(NC1CCC(O)CC1)NC1CC(OCC)C12CCC2.I. The highest BCUT2D eigenvalue weighted by Crippen LogP contribution is 2.57. The van der Waals surface area contributed by atoms with E-state index in [-0.39, 0.29) is 30.1 Å². The largest absolute Gasteiger partial charge is 0.393 e. The van der Waals surface area contributed by atoms with Gasteiger partial charge in [0.1, 0.15) is 0 Å². The Morgan fingerprint density at radius 2 is 1.88 bits per heavy atom. The van der Waals surface area contributed by atoms with Crippen molar-refractivity contribution < 1.29 is 9.84 Å². The van der Waals surface area contributed by atoms with E-state index in [1.54, 1.807) is 0 Å². The normalized spacial score (nSPS) is 34.7. The molecule has 3 rings (SSSR count). The van der Waals surface area contributed by atoms with E-state index in [2.05, 4.69) is 29.5 Å². The first-order valence-electron chi connectivity index (χ1n) is 9.55. The molecule has 24 heavy (non-hydrogen) atoms. The first-order valence-corrected chi connectivity index (χ1v) is 9.55. The maximum Gasteiger partial charge on any atom is 0.191 e. The zero-order valence-electron chi connectivity index (χ0n) is 15.1. The molecule has 2 unspecified atom stereocenters. The van der Waals surface area contributed by atoms with Crippen molar-refractivity contribution in [3.63, 3.8) is 0 Å². The molecule has 1 spiro atoms. The fourth-order valence-electron chi connectivity index (χ4n) is 4.51. The number of guanidine groups is 1. The number of hydrogen-bond donors (Lipinski definition) is 3. The van der Waals surface area contributed by atoms with Crippen molar-refractivity contribution in [2.24, 2.45) is 10.4 Å². The smallest absolute Gasteiger partial charge is 0.191 e. The van der Waals surface area contributed by atoms with Crippen molar-refractivity contribution in [2.45, 2.75) is 89.5 Å². The summed E-state index contributed by atoms with van der Waals surface area (Å²) in [7, 11) is 0. The molecule has 5 nitrogen and oxygen atoms in total. The van der Waals surface area contributed by atoms with E-state index in [9.17, 15) is 5.11 Å². The van der Waals surface area contributed by atoms with Gasteiger partial charge in [-0.15, -0.1) is 24.0 Å². The Balaban J connectivity index is 0.00000208. The zero-order valence-corrected chi connectivity index (χ0v) is 17.4. The summed E-state index contributed by atoms with van der Waals surface area (Å²) in [6, 6.07) is 0.941. The number of halogens is 1. The second kappa shape index (κ2) is 9.03. The molecule has 3 saturated carbocycles. The Hall–Kier alpha value is -0.0800. The van der Waals surface area contributed by atoms with Crippen LogP contribution in [0.1, 0.15) is 65.2 Å². The van der Waals surface area contributed by atoms with Crippen LogP contribution >= 0.6 is 24.0 Å². The van der Waals surface area contributed by atoms with Crippen LogP contribution in [0.5, 0.6) is 0 Å². The lowest BCUT2D eigenvalue weighted by Gasteiger charge is -2.61. The van der Waals surface area contributed by atoms with Crippen molar-refractivity contribution in [2.75, 3.05) is 13.2 Å². The average molecular weight is 451 g/mol. The number of hydrogen-bond acceptors (Lipinski definition) is 3. The molecule has 0 heterocycles. The maximum absolute atomic E-state index is 9.66. The van der Waals surface area contributed by atoms with Gasteiger partial charge >= 0.3 is 0 Å². The second-order valence-electron chi connectivity index (χ2n) is 7.44. The highest BCUT2D eigenvalue weighted by molar-refractivity contribution is 14.0. The van der Waals surface area contributed by atoms with E-state index in [0.717, 1.165) is 51.2 Å². The van der Waals surface area contributed by atoms with Crippen LogP contribution in [0.3, 0.4) is 0 Å². The molecule has 3 aliphatic carbocycles. The first-order chi connectivity index (χ1) is 11.2. The molecule has 0 aromatic heterocycles. The summed E-state index contributed by atoms with van der Waals surface area (Å²) in [5, 5.41) is 16.9. The van der Waals surface area contributed by atoms with Gasteiger partial charge in [-0.2, -0.15) is 0 Å². The van der Waals surface area contributed by atoms with Gasteiger partial charge in [0.15, 0.2) is 5.96 Å². The van der Waals surface area contributed by atoms with E-state index < -0.39 is 0 Å². The van der Waals surface area contributed by atoms with Crippen LogP contribution in [-0.2, 0) is 4.74 Å². The summed E-state index contributed by atoms with van der Waals surface area (Å²) >= 11 is 0. The molecule has 140 valence electrons. The van der Waals surface area contributed by atoms with Gasteiger partial charge in [-0.1, -0.05) is 6.42 Å². The van der Waals surface area contributed by atoms with Crippen LogP contribution in [-0.4, -0.2) is 48.5 Å². The van der Waals surface area contributed by atoms with Crippen LogP contribution in [0, 0.1) is 5.41 Å². The molecule has 3 fully saturated rings. The lowest BCUT2D eigenvalue weighted by Crippen LogP contribution is -2.69. The molecule has 0 amide bonds. The van der Waals surface area contributed by atoms with E-state index in [1.807, 2.05) is 0 Å². The Bertz CT molecular complexity index is 420. The minimum Gasteiger partial charge on any atom is -0.393 e. The molecule has 3 N–H and O–H groups in total. The Labute approximate surface area is 163 Å². The predicted octanol–water partition coefficient (Wildman–Crippen LogP) is 2.81. The van der Waals surface area contributed by atoms with Crippen molar-refractivity contribution in [3.8, 4) is 0 Å². The lowest BCUT2D eigenvalue weighted by atomic mass is 9.51.